The Morgan fingerprint density at radius 1 is 0.941 bits per heavy atom. The highest BCUT2D eigenvalue weighted by molar-refractivity contribution is 9.10. The normalized spacial score (nSPS) is 10.4. The van der Waals surface area contributed by atoms with Crippen molar-refractivity contribution in [3.05, 3.63) is 59.1 Å². The second kappa shape index (κ2) is 6.34. The highest BCUT2D eigenvalue weighted by Crippen LogP contribution is 2.29. The van der Waals surface area contributed by atoms with Gasteiger partial charge in [0.15, 0.2) is 0 Å². The van der Waals surface area contributed by atoms with Crippen LogP contribution in [0, 0.1) is 0 Å². The van der Waals surface area contributed by atoms with E-state index in [-0.39, 0.29) is 0 Å². The molecule has 0 spiro atoms. The summed E-state index contributed by atoms with van der Waals surface area (Å²) < 4.78 is 36.0. The molecule has 2 aromatic rings. The van der Waals surface area contributed by atoms with Gasteiger partial charge in [-0.3, -0.25) is 9.97 Å². The van der Waals surface area contributed by atoms with Crippen LogP contribution < -0.4 is 0 Å². The lowest BCUT2D eigenvalue weighted by molar-refractivity contribution is -0.137. The molecule has 0 aliphatic heterocycles. The Hall–Kier alpha value is -1.43. The van der Waals surface area contributed by atoms with Crippen molar-refractivity contribution in [1.82, 2.24) is 9.97 Å². The van der Waals surface area contributed by atoms with E-state index in [0.717, 1.165) is 12.3 Å². The maximum absolute atomic E-state index is 11.9. The summed E-state index contributed by atoms with van der Waals surface area (Å²) in [6.07, 6.45) is 1.27. The quantitative estimate of drug-likeness (QED) is 0.736. The van der Waals surface area contributed by atoms with Gasteiger partial charge in [-0.1, -0.05) is 6.07 Å². The standard InChI is InChI=1S/C6H3BrF3N.C5H5N/c7-5-1-4(2-11-3-5)6(8,9)10;1-2-4-6-5-3-1/h1-3H;1-5H. The third-order valence-electron chi connectivity index (χ3n) is 1.60. The fraction of sp³-hybridized carbons (Fsp3) is 0.0909. The molecule has 0 radical (unpaired) electrons. The number of nitrogens with zero attached hydrogens (tertiary/aromatic N) is 2. The Balaban J connectivity index is 0.000000202. The van der Waals surface area contributed by atoms with E-state index in [4.69, 9.17) is 0 Å². The van der Waals surface area contributed by atoms with E-state index in [1.165, 1.54) is 6.20 Å². The molecule has 0 aliphatic rings. The molecule has 0 N–H and O–H groups in total. The molecule has 0 bridgehead atoms. The summed E-state index contributed by atoms with van der Waals surface area (Å²) >= 11 is 2.89. The third kappa shape index (κ3) is 5.44. The molecule has 0 fully saturated rings. The Kier molecular flexibility index (Phi) is 5.09. The Morgan fingerprint density at radius 2 is 1.59 bits per heavy atom. The van der Waals surface area contributed by atoms with Gasteiger partial charge in [-0.25, -0.2) is 0 Å². The zero-order valence-corrected chi connectivity index (χ0v) is 10.1. The van der Waals surface area contributed by atoms with Gasteiger partial charge in [-0.15, -0.1) is 0 Å². The molecule has 17 heavy (non-hydrogen) atoms. The van der Waals surface area contributed by atoms with Gasteiger partial charge >= 0.3 is 6.18 Å². The van der Waals surface area contributed by atoms with Crippen LogP contribution in [0.5, 0.6) is 0 Å². The van der Waals surface area contributed by atoms with Gasteiger partial charge < -0.3 is 0 Å². The van der Waals surface area contributed by atoms with Gasteiger partial charge in [-0.05, 0) is 34.1 Å². The molecule has 6 heteroatoms. The molecule has 0 saturated heterocycles. The minimum atomic E-state index is -4.31. The topological polar surface area (TPSA) is 25.8 Å². The van der Waals surface area contributed by atoms with Crippen molar-refractivity contribution in [3.8, 4) is 0 Å². The van der Waals surface area contributed by atoms with E-state index in [1.54, 1.807) is 12.4 Å². The van der Waals surface area contributed by atoms with Gasteiger partial charge in [0.25, 0.3) is 0 Å². The number of hydrogen-bond acceptors (Lipinski definition) is 2. The van der Waals surface area contributed by atoms with Gasteiger partial charge in [0.2, 0.25) is 0 Å². The lowest BCUT2D eigenvalue weighted by Crippen LogP contribution is -2.04. The van der Waals surface area contributed by atoms with E-state index >= 15 is 0 Å². The molecular formula is C11H8BrF3N2. The predicted molar refractivity (Wildman–Crippen MR) is 61.2 cm³/mol. The van der Waals surface area contributed by atoms with Crippen LogP contribution >= 0.6 is 15.9 Å². The first-order valence-electron chi connectivity index (χ1n) is 4.53. The summed E-state index contributed by atoms with van der Waals surface area (Å²) in [6.45, 7) is 0. The molecular weight excluding hydrogens is 297 g/mol. The smallest absolute Gasteiger partial charge is 0.265 e. The molecule has 0 unspecified atom stereocenters. The zero-order valence-electron chi connectivity index (χ0n) is 8.53. The average Bonchev–Trinajstić information content (AvgIpc) is 2.31. The second-order valence-electron chi connectivity index (χ2n) is 2.91. The van der Waals surface area contributed by atoms with Crippen molar-refractivity contribution in [2.24, 2.45) is 0 Å². The Morgan fingerprint density at radius 3 is 1.88 bits per heavy atom. The molecule has 0 atom stereocenters. The molecule has 0 amide bonds. The van der Waals surface area contributed by atoms with Crippen LogP contribution in [-0.2, 0) is 6.18 Å². The summed E-state index contributed by atoms with van der Waals surface area (Å²) in [6, 6.07) is 6.69. The maximum Gasteiger partial charge on any atom is 0.417 e. The van der Waals surface area contributed by atoms with Gasteiger partial charge in [0, 0.05) is 29.3 Å². The number of rotatable bonds is 0. The summed E-state index contributed by atoms with van der Waals surface area (Å²) in [5.41, 5.74) is -0.744. The molecule has 0 aromatic carbocycles. The van der Waals surface area contributed by atoms with E-state index in [9.17, 15) is 13.2 Å². The van der Waals surface area contributed by atoms with E-state index in [0.29, 0.717) is 4.47 Å². The molecule has 0 aliphatic carbocycles. The van der Waals surface area contributed by atoms with Crippen LogP contribution in [0.1, 0.15) is 5.56 Å². The van der Waals surface area contributed by atoms with Crippen molar-refractivity contribution >= 4 is 15.9 Å². The second-order valence-corrected chi connectivity index (χ2v) is 3.83. The van der Waals surface area contributed by atoms with Crippen LogP contribution in [0.2, 0.25) is 0 Å². The minimum absolute atomic E-state index is 0.326. The summed E-state index contributed by atoms with van der Waals surface area (Å²) in [5.74, 6) is 0. The monoisotopic (exact) mass is 304 g/mol. The van der Waals surface area contributed by atoms with Crippen molar-refractivity contribution in [2.75, 3.05) is 0 Å². The van der Waals surface area contributed by atoms with E-state index in [2.05, 4.69) is 25.9 Å². The first-order chi connectivity index (χ1) is 8.00. The lowest BCUT2D eigenvalue weighted by Gasteiger charge is -2.04. The number of aromatic nitrogens is 2. The highest BCUT2D eigenvalue weighted by Gasteiger charge is 2.30. The predicted octanol–water partition coefficient (Wildman–Crippen LogP) is 3.94. The molecule has 2 rings (SSSR count). The molecule has 2 aromatic heterocycles. The molecule has 0 saturated carbocycles. The van der Waals surface area contributed by atoms with Crippen molar-refractivity contribution < 1.29 is 13.2 Å². The Bertz CT molecular complexity index is 419. The Labute approximate surface area is 105 Å². The fourth-order valence-corrected chi connectivity index (χ4v) is 1.24. The largest absolute Gasteiger partial charge is 0.417 e. The average molecular weight is 305 g/mol. The van der Waals surface area contributed by atoms with Crippen LogP contribution in [0.3, 0.4) is 0 Å². The van der Waals surface area contributed by atoms with Crippen LogP contribution in [0.25, 0.3) is 0 Å². The van der Waals surface area contributed by atoms with Crippen LogP contribution in [-0.4, -0.2) is 9.97 Å². The summed E-state index contributed by atoms with van der Waals surface area (Å²) in [7, 11) is 0. The van der Waals surface area contributed by atoms with Crippen LogP contribution in [0.15, 0.2) is 53.5 Å². The zero-order chi connectivity index (χ0) is 12.7. The SMILES string of the molecule is FC(F)(F)c1cncc(Br)c1.c1ccncc1. The number of halogens is 4. The van der Waals surface area contributed by atoms with Gasteiger partial charge in [0.1, 0.15) is 0 Å². The molecule has 2 heterocycles. The van der Waals surface area contributed by atoms with Crippen LogP contribution in [0.4, 0.5) is 13.2 Å². The first-order valence-corrected chi connectivity index (χ1v) is 5.32. The molecule has 2 nitrogen and oxygen atoms in total. The molecule has 90 valence electrons. The first kappa shape index (κ1) is 13.6. The van der Waals surface area contributed by atoms with E-state index in [1.807, 2.05) is 18.2 Å². The number of pyridine rings is 2. The van der Waals surface area contributed by atoms with Gasteiger partial charge in [0.05, 0.1) is 5.56 Å². The fourth-order valence-electron chi connectivity index (χ4n) is 0.879. The summed E-state index contributed by atoms with van der Waals surface area (Å²) in [4.78, 5) is 7.17. The summed E-state index contributed by atoms with van der Waals surface area (Å²) in [5, 5.41) is 0. The number of alkyl halides is 3. The number of hydrogen-bond donors (Lipinski definition) is 0. The maximum atomic E-state index is 11.9. The van der Waals surface area contributed by atoms with Crippen molar-refractivity contribution in [2.45, 2.75) is 6.18 Å². The van der Waals surface area contributed by atoms with Crippen molar-refractivity contribution in [1.29, 1.82) is 0 Å². The minimum Gasteiger partial charge on any atom is -0.265 e. The van der Waals surface area contributed by atoms with E-state index < -0.39 is 11.7 Å². The highest BCUT2D eigenvalue weighted by atomic mass is 79.9. The van der Waals surface area contributed by atoms with Gasteiger partial charge in [-0.2, -0.15) is 13.2 Å². The third-order valence-corrected chi connectivity index (χ3v) is 2.03. The lowest BCUT2D eigenvalue weighted by atomic mass is 10.3. The van der Waals surface area contributed by atoms with Crippen molar-refractivity contribution in [3.63, 3.8) is 0 Å².